The minimum atomic E-state index is -1.43. The fourth-order valence-electron chi connectivity index (χ4n) is 4.69. The summed E-state index contributed by atoms with van der Waals surface area (Å²) in [6.07, 6.45) is -5.46. The fourth-order valence-corrected chi connectivity index (χ4v) is 4.69. The second kappa shape index (κ2) is 15.1. The molecule has 0 aromatic heterocycles. The third-order valence-electron chi connectivity index (χ3n) is 6.53. The number of hydrogen-bond donors (Lipinski definition) is 1. The number of benzene rings is 2. The SMILES string of the molecule is CCc1ccc(Cc2ccc(CC(N)=O)cc2O[C@@H]2O[C@H](COC(C)=O)[C@@H](OC(C)=O)[C@H](OC(C)=O)[C@H]2OC(C)=O)cc1. The highest BCUT2D eigenvalue weighted by Crippen LogP contribution is 2.33. The van der Waals surface area contributed by atoms with Gasteiger partial charge in [-0.2, -0.15) is 0 Å². The topological polar surface area (TPSA) is 167 Å². The standard InChI is InChI=1S/C31H37NO11/c1-6-21-7-9-22(10-8-21)13-24-12-11-23(15-27(32)37)14-25(24)42-31-30(41-20(5)36)29(40-19(4)35)28(39-18(3)34)26(43-31)16-38-17(2)33/h7-12,14,26,28-31H,6,13,15-16H2,1-5H3,(H2,32,37)/t26-,28-,29+,30-,31-/m1/s1. The van der Waals surface area contributed by atoms with Crippen LogP contribution in [0.1, 0.15) is 56.9 Å². The molecule has 1 aliphatic rings. The second-order valence-corrected chi connectivity index (χ2v) is 10.1. The molecular formula is C31H37NO11. The smallest absolute Gasteiger partial charge is 0.303 e. The lowest BCUT2D eigenvalue weighted by Gasteiger charge is -2.44. The van der Waals surface area contributed by atoms with Crippen molar-refractivity contribution in [3.8, 4) is 5.75 Å². The van der Waals surface area contributed by atoms with E-state index in [4.69, 9.17) is 34.2 Å². The number of amides is 1. The first-order chi connectivity index (χ1) is 20.4. The molecule has 1 aliphatic heterocycles. The van der Waals surface area contributed by atoms with Crippen LogP contribution in [0.5, 0.6) is 5.75 Å². The van der Waals surface area contributed by atoms with Gasteiger partial charge in [0, 0.05) is 34.1 Å². The molecule has 0 bridgehead atoms. The minimum absolute atomic E-state index is 0.0690. The summed E-state index contributed by atoms with van der Waals surface area (Å²) >= 11 is 0. The van der Waals surface area contributed by atoms with Crippen LogP contribution >= 0.6 is 0 Å². The lowest BCUT2D eigenvalue weighted by molar-refractivity contribution is -0.288. The maximum atomic E-state index is 12.2. The van der Waals surface area contributed by atoms with Gasteiger partial charge >= 0.3 is 23.9 Å². The molecule has 0 radical (unpaired) electrons. The molecule has 1 heterocycles. The first kappa shape index (κ1) is 33.1. The molecule has 0 spiro atoms. The molecule has 0 aliphatic carbocycles. The summed E-state index contributed by atoms with van der Waals surface area (Å²) in [5.41, 5.74) is 8.83. The summed E-state index contributed by atoms with van der Waals surface area (Å²) in [6.45, 7) is 6.28. The molecule has 1 amide bonds. The van der Waals surface area contributed by atoms with Crippen LogP contribution in [0.2, 0.25) is 0 Å². The predicted octanol–water partition coefficient (Wildman–Crippen LogP) is 2.33. The molecule has 232 valence electrons. The lowest BCUT2D eigenvalue weighted by atomic mass is 9.97. The predicted molar refractivity (Wildman–Crippen MR) is 151 cm³/mol. The van der Waals surface area contributed by atoms with Crippen LogP contribution in [-0.4, -0.2) is 67.1 Å². The van der Waals surface area contributed by atoms with Gasteiger partial charge in [0.1, 0.15) is 18.5 Å². The van der Waals surface area contributed by atoms with Gasteiger partial charge in [-0.15, -0.1) is 0 Å². The number of primary amides is 1. The molecule has 0 saturated carbocycles. The number of carbonyl (C=O) groups excluding carboxylic acids is 5. The number of carbonyl (C=O) groups is 5. The Balaban J connectivity index is 2.07. The molecule has 3 rings (SSSR count). The molecule has 12 nitrogen and oxygen atoms in total. The van der Waals surface area contributed by atoms with Crippen LogP contribution < -0.4 is 10.5 Å². The maximum absolute atomic E-state index is 12.2. The van der Waals surface area contributed by atoms with Gasteiger partial charge in [0.05, 0.1) is 6.42 Å². The van der Waals surface area contributed by atoms with Crippen LogP contribution in [0.15, 0.2) is 42.5 Å². The Morgan fingerprint density at radius 3 is 1.86 bits per heavy atom. The van der Waals surface area contributed by atoms with E-state index < -0.39 is 67.1 Å². The number of rotatable bonds is 12. The first-order valence-corrected chi connectivity index (χ1v) is 13.8. The van der Waals surface area contributed by atoms with E-state index in [2.05, 4.69) is 6.92 Å². The van der Waals surface area contributed by atoms with Crippen molar-refractivity contribution in [2.45, 2.75) is 84.6 Å². The summed E-state index contributed by atoms with van der Waals surface area (Å²) in [6, 6.07) is 13.2. The van der Waals surface area contributed by atoms with E-state index in [0.717, 1.165) is 32.8 Å². The Morgan fingerprint density at radius 1 is 0.744 bits per heavy atom. The van der Waals surface area contributed by atoms with Crippen molar-refractivity contribution in [1.82, 2.24) is 0 Å². The molecule has 1 saturated heterocycles. The molecule has 1 fully saturated rings. The third-order valence-corrected chi connectivity index (χ3v) is 6.53. The quantitative estimate of drug-likeness (QED) is 0.281. The highest BCUT2D eigenvalue weighted by molar-refractivity contribution is 5.76. The molecule has 5 atom stereocenters. The molecule has 12 heteroatoms. The van der Waals surface area contributed by atoms with E-state index in [9.17, 15) is 24.0 Å². The van der Waals surface area contributed by atoms with E-state index in [0.29, 0.717) is 17.5 Å². The zero-order valence-electron chi connectivity index (χ0n) is 24.8. The van der Waals surface area contributed by atoms with Crippen molar-refractivity contribution in [2.24, 2.45) is 5.73 Å². The Kier molecular flexibility index (Phi) is 11.6. The Hall–Kier alpha value is -4.45. The Labute approximate surface area is 249 Å². The lowest BCUT2D eigenvalue weighted by Crippen LogP contribution is -2.63. The van der Waals surface area contributed by atoms with Gasteiger partial charge in [-0.25, -0.2) is 0 Å². The third kappa shape index (κ3) is 9.81. The van der Waals surface area contributed by atoms with Gasteiger partial charge in [-0.3, -0.25) is 24.0 Å². The largest absolute Gasteiger partial charge is 0.463 e. The molecule has 43 heavy (non-hydrogen) atoms. The highest BCUT2D eigenvalue weighted by atomic mass is 16.7. The first-order valence-electron chi connectivity index (χ1n) is 13.8. The Morgan fingerprint density at radius 2 is 1.30 bits per heavy atom. The van der Waals surface area contributed by atoms with Crippen LogP contribution in [0, 0.1) is 0 Å². The van der Waals surface area contributed by atoms with Gasteiger partial charge < -0.3 is 34.2 Å². The van der Waals surface area contributed by atoms with Crippen molar-refractivity contribution in [3.63, 3.8) is 0 Å². The molecule has 2 aromatic carbocycles. The number of aryl methyl sites for hydroxylation is 1. The van der Waals surface area contributed by atoms with Gasteiger partial charge in [0.25, 0.3) is 0 Å². The summed E-state index contributed by atoms with van der Waals surface area (Å²) in [5, 5.41) is 0. The van der Waals surface area contributed by atoms with Crippen LogP contribution in [-0.2, 0) is 66.9 Å². The minimum Gasteiger partial charge on any atom is -0.463 e. The van der Waals surface area contributed by atoms with Gasteiger partial charge in [0.15, 0.2) is 12.2 Å². The van der Waals surface area contributed by atoms with Crippen LogP contribution in [0.4, 0.5) is 0 Å². The van der Waals surface area contributed by atoms with E-state index in [-0.39, 0.29) is 12.2 Å². The van der Waals surface area contributed by atoms with Gasteiger partial charge in [-0.05, 0) is 34.7 Å². The Bertz CT molecular complexity index is 1320. The zero-order chi connectivity index (χ0) is 31.7. The highest BCUT2D eigenvalue weighted by Gasteiger charge is 2.53. The van der Waals surface area contributed by atoms with Gasteiger partial charge in [-0.1, -0.05) is 43.3 Å². The second-order valence-electron chi connectivity index (χ2n) is 10.1. The van der Waals surface area contributed by atoms with E-state index in [1.54, 1.807) is 18.2 Å². The zero-order valence-corrected chi connectivity index (χ0v) is 24.8. The summed E-state index contributed by atoms with van der Waals surface area (Å²) in [5.74, 6) is -3.16. The van der Waals surface area contributed by atoms with E-state index >= 15 is 0 Å². The monoisotopic (exact) mass is 599 g/mol. The number of hydrogen-bond acceptors (Lipinski definition) is 11. The number of esters is 4. The summed E-state index contributed by atoms with van der Waals surface area (Å²) in [4.78, 5) is 59.7. The average Bonchev–Trinajstić information content (AvgIpc) is 2.91. The van der Waals surface area contributed by atoms with Crippen molar-refractivity contribution < 1.29 is 52.4 Å². The van der Waals surface area contributed by atoms with E-state index in [1.165, 1.54) is 12.5 Å². The molecule has 2 aromatic rings. The number of ether oxygens (including phenoxy) is 6. The number of nitrogens with two attached hydrogens (primary N) is 1. The van der Waals surface area contributed by atoms with Gasteiger partial charge in [0.2, 0.25) is 18.3 Å². The molecule has 0 unspecified atom stereocenters. The van der Waals surface area contributed by atoms with Crippen molar-refractivity contribution in [2.75, 3.05) is 6.61 Å². The normalized spacial score (nSPS) is 21.3. The maximum Gasteiger partial charge on any atom is 0.303 e. The molecule has 2 N–H and O–H groups in total. The summed E-state index contributed by atoms with van der Waals surface area (Å²) in [7, 11) is 0. The average molecular weight is 600 g/mol. The van der Waals surface area contributed by atoms with Crippen LogP contribution in [0.25, 0.3) is 0 Å². The fraction of sp³-hybridized carbons (Fsp3) is 0.452. The van der Waals surface area contributed by atoms with Crippen LogP contribution in [0.3, 0.4) is 0 Å². The van der Waals surface area contributed by atoms with Crippen molar-refractivity contribution in [1.29, 1.82) is 0 Å². The summed E-state index contributed by atoms with van der Waals surface area (Å²) < 4.78 is 34.0. The van der Waals surface area contributed by atoms with Crippen molar-refractivity contribution >= 4 is 29.8 Å². The van der Waals surface area contributed by atoms with E-state index in [1.807, 2.05) is 24.3 Å². The van der Waals surface area contributed by atoms with Crippen molar-refractivity contribution in [3.05, 3.63) is 64.7 Å². The molecular weight excluding hydrogens is 562 g/mol.